The summed E-state index contributed by atoms with van der Waals surface area (Å²) in [7, 11) is -3.38. The van der Waals surface area contributed by atoms with E-state index in [1.165, 1.54) is 12.1 Å². The molecule has 0 atom stereocenters. The highest BCUT2D eigenvalue weighted by Crippen LogP contribution is 2.30. The highest BCUT2D eigenvalue weighted by molar-refractivity contribution is 7.92. The summed E-state index contributed by atoms with van der Waals surface area (Å²) in [5, 5.41) is 0. The summed E-state index contributed by atoms with van der Waals surface area (Å²) in [6, 6.07) is 4.23. The number of hydrogen-bond donors (Lipinski definition) is 1. The smallest absolute Gasteiger partial charge is 0.232 e. The standard InChI is InChI=1S/C12H17FN2O2S/c1-2-18(16,17)14-11-9-10(13)5-6-12(11)15-7-3-4-8-15/h5-6,9,14H,2-4,7-8H2,1H3. The van der Waals surface area contributed by atoms with E-state index < -0.39 is 15.8 Å². The Morgan fingerprint density at radius 3 is 2.61 bits per heavy atom. The third-order valence-corrected chi connectivity index (χ3v) is 4.34. The number of sulfonamides is 1. The van der Waals surface area contributed by atoms with Crippen molar-refractivity contribution in [1.82, 2.24) is 0 Å². The van der Waals surface area contributed by atoms with Gasteiger partial charge in [0.25, 0.3) is 0 Å². The molecule has 0 amide bonds. The van der Waals surface area contributed by atoms with Gasteiger partial charge < -0.3 is 4.90 Å². The van der Waals surface area contributed by atoms with Gasteiger partial charge in [0.15, 0.2) is 0 Å². The van der Waals surface area contributed by atoms with E-state index in [0.717, 1.165) is 31.6 Å². The van der Waals surface area contributed by atoms with Crippen LogP contribution < -0.4 is 9.62 Å². The van der Waals surface area contributed by atoms with Crippen LogP contribution in [0.25, 0.3) is 0 Å². The number of anilines is 2. The summed E-state index contributed by atoms with van der Waals surface area (Å²) in [5.41, 5.74) is 1.09. The van der Waals surface area contributed by atoms with Gasteiger partial charge in [0.1, 0.15) is 5.82 Å². The Hall–Kier alpha value is -1.30. The second kappa shape index (κ2) is 5.14. The zero-order valence-electron chi connectivity index (χ0n) is 10.3. The van der Waals surface area contributed by atoms with Gasteiger partial charge in [-0.3, -0.25) is 4.72 Å². The molecule has 1 aliphatic rings. The van der Waals surface area contributed by atoms with Crippen LogP contribution in [-0.2, 0) is 10.0 Å². The second-order valence-electron chi connectivity index (χ2n) is 4.36. The molecule has 1 heterocycles. The summed E-state index contributed by atoms with van der Waals surface area (Å²) in [6.45, 7) is 3.32. The molecule has 1 aromatic carbocycles. The first-order valence-electron chi connectivity index (χ1n) is 6.07. The molecule has 1 saturated heterocycles. The van der Waals surface area contributed by atoms with Crippen LogP contribution in [0.1, 0.15) is 19.8 Å². The van der Waals surface area contributed by atoms with Crippen LogP contribution in [-0.4, -0.2) is 27.3 Å². The molecule has 0 aliphatic carbocycles. The van der Waals surface area contributed by atoms with Crippen molar-refractivity contribution in [3.63, 3.8) is 0 Å². The van der Waals surface area contributed by atoms with E-state index >= 15 is 0 Å². The van der Waals surface area contributed by atoms with E-state index in [1.54, 1.807) is 13.0 Å². The van der Waals surface area contributed by atoms with E-state index in [9.17, 15) is 12.8 Å². The predicted octanol–water partition coefficient (Wildman–Crippen LogP) is 2.19. The van der Waals surface area contributed by atoms with Gasteiger partial charge in [0, 0.05) is 19.2 Å². The van der Waals surface area contributed by atoms with Gasteiger partial charge in [-0.05, 0) is 31.9 Å². The Balaban J connectivity index is 2.34. The lowest BCUT2D eigenvalue weighted by Gasteiger charge is -2.21. The Kier molecular flexibility index (Phi) is 3.75. The fourth-order valence-corrected chi connectivity index (χ4v) is 2.71. The van der Waals surface area contributed by atoms with Crippen molar-refractivity contribution in [2.24, 2.45) is 0 Å². The molecule has 0 spiro atoms. The first-order chi connectivity index (χ1) is 8.52. The highest BCUT2D eigenvalue weighted by atomic mass is 32.2. The molecule has 0 bridgehead atoms. The first kappa shape index (κ1) is 13.1. The van der Waals surface area contributed by atoms with Gasteiger partial charge in [0.2, 0.25) is 10.0 Å². The van der Waals surface area contributed by atoms with Crippen molar-refractivity contribution >= 4 is 21.4 Å². The summed E-state index contributed by atoms with van der Waals surface area (Å²) in [6.07, 6.45) is 2.16. The highest BCUT2D eigenvalue weighted by Gasteiger charge is 2.18. The van der Waals surface area contributed by atoms with Crippen LogP contribution in [0.15, 0.2) is 18.2 Å². The maximum Gasteiger partial charge on any atom is 0.232 e. The van der Waals surface area contributed by atoms with Gasteiger partial charge >= 0.3 is 0 Å². The summed E-state index contributed by atoms with van der Waals surface area (Å²) in [4.78, 5) is 2.08. The van der Waals surface area contributed by atoms with Crippen molar-refractivity contribution in [2.45, 2.75) is 19.8 Å². The number of rotatable bonds is 4. The van der Waals surface area contributed by atoms with Crippen LogP contribution in [0.4, 0.5) is 15.8 Å². The molecule has 0 radical (unpaired) electrons. The molecular formula is C12H17FN2O2S. The lowest BCUT2D eigenvalue weighted by atomic mass is 10.2. The molecule has 100 valence electrons. The molecule has 1 aliphatic heterocycles. The number of hydrogen-bond acceptors (Lipinski definition) is 3. The Morgan fingerprint density at radius 2 is 2.00 bits per heavy atom. The zero-order chi connectivity index (χ0) is 13.2. The Bertz CT molecular complexity index is 525. The van der Waals surface area contributed by atoms with Crippen molar-refractivity contribution in [1.29, 1.82) is 0 Å². The SMILES string of the molecule is CCS(=O)(=O)Nc1cc(F)ccc1N1CCCC1. The average molecular weight is 272 g/mol. The van der Waals surface area contributed by atoms with Gasteiger partial charge in [-0.2, -0.15) is 0 Å². The molecule has 0 aromatic heterocycles. The van der Waals surface area contributed by atoms with Crippen LogP contribution >= 0.6 is 0 Å². The fraction of sp³-hybridized carbons (Fsp3) is 0.500. The van der Waals surface area contributed by atoms with E-state index in [2.05, 4.69) is 9.62 Å². The molecule has 0 unspecified atom stereocenters. The monoisotopic (exact) mass is 272 g/mol. The molecule has 0 saturated carbocycles. The summed E-state index contributed by atoms with van der Waals surface area (Å²) in [5.74, 6) is -0.463. The van der Waals surface area contributed by atoms with Gasteiger partial charge in [-0.1, -0.05) is 0 Å². The number of nitrogens with one attached hydrogen (secondary N) is 1. The van der Waals surface area contributed by atoms with E-state index in [1.807, 2.05) is 0 Å². The third kappa shape index (κ3) is 2.93. The van der Waals surface area contributed by atoms with Crippen molar-refractivity contribution in [3.8, 4) is 0 Å². The molecular weight excluding hydrogens is 255 g/mol. The normalized spacial score (nSPS) is 16.0. The van der Waals surface area contributed by atoms with E-state index in [-0.39, 0.29) is 5.75 Å². The van der Waals surface area contributed by atoms with Gasteiger partial charge in [0.05, 0.1) is 17.1 Å². The molecule has 4 nitrogen and oxygen atoms in total. The van der Waals surface area contributed by atoms with Crippen molar-refractivity contribution in [2.75, 3.05) is 28.5 Å². The maximum absolute atomic E-state index is 13.3. The van der Waals surface area contributed by atoms with Crippen LogP contribution in [0.3, 0.4) is 0 Å². The third-order valence-electron chi connectivity index (χ3n) is 3.05. The minimum Gasteiger partial charge on any atom is -0.370 e. The van der Waals surface area contributed by atoms with Crippen LogP contribution in [0.5, 0.6) is 0 Å². The number of nitrogens with zero attached hydrogens (tertiary/aromatic N) is 1. The average Bonchev–Trinajstić information content (AvgIpc) is 2.82. The lowest BCUT2D eigenvalue weighted by molar-refractivity contribution is 0.602. The van der Waals surface area contributed by atoms with Crippen LogP contribution in [0.2, 0.25) is 0 Å². The zero-order valence-corrected chi connectivity index (χ0v) is 11.1. The minimum atomic E-state index is -3.38. The molecule has 1 N–H and O–H groups in total. The number of halogens is 1. The molecule has 6 heteroatoms. The topological polar surface area (TPSA) is 49.4 Å². The Morgan fingerprint density at radius 1 is 1.33 bits per heavy atom. The van der Waals surface area contributed by atoms with E-state index in [0.29, 0.717) is 5.69 Å². The van der Waals surface area contributed by atoms with Crippen LogP contribution in [0, 0.1) is 5.82 Å². The quantitative estimate of drug-likeness (QED) is 0.914. The predicted molar refractivity (Wildman–Crippen MR) is 70.9 cm³/mol. The largest absolute Gasteiger partial charge is 0.370 e. The first-order valence-corrected chi connectivity index (χ1v) is 7.72. The molecule has 18 heavy (non-hydrogen) atoms. The van der Waals surface area contributed by atoms with Gasteiger partial charge in [-0.15, -0.1) is 0 Å². The summed E-state index contributed by atoms with van der Waals surface area (Å²) < 4.78 is 38.9. The minimum absolute atomic E-state index is 0.0248. The molecule has 2 rings (SSSR count). The maximum atomic E-state index is 13.3. The van der Waals surface area contributed by atoms with Gasteiger partial charge in [-0.25, -0.2) is 12.8 Å². The lowest BCUT2D eigenvalue weighted by Crippen LogP contribution is -2.22. The fourth-order valence-electron chi connectivity index (χ4n) is 2.06. The summed E-state index contributed by atoms with van der Waals surface area (Å²) >= 11 is 0. The molecule has 1 fully saturated rings. The number of benzene rings is 1. The Labute approximate surface area is 107 Å². The van der Waals surface area contributed by atoms with Crippen molar-refractivity contribution in [3.05, 3.63) is 24.0 Å². The molecule has 1 aromatic rings. The van der Waals surface area contributed by atoms with E-state index in [4.69, 9.17) is 0 Å². The second-order valence-corrected chi connectivity index (χ2v) is 6.37. The van der Waals surface area contributed by atoms with Crippen molar-refractivity contribution < 1.29 is 12.8 Å².